The Kier molecular flexibility index (Phi) is 3.80. The number of nitrogens with zero attached hydrogens (tertiary/aromatic N) is 1. The van der Waals surface area contributed by atoms with Gasteiger partial charge in [-0.15, -0.1) is 0 Å². The molecule has 0 atom stereocenters. The van der Waals surface area contributed by atoms with Gasteiger partial charge in [-0.25, -0.2) is 0 Å². The lowest BCUT2D eigenvalue weighted by Crippen LogP contribution is -2.09. The second kappa shape index (κ2) is 4.12. The molecule has 0 heterocycles. The Morgan fingerprint density at radius 1 is 1.36 bits per heavy atom. The monoisotopic (exact) mass is 151 g/mol. The number of rotatable bonds is 2. The van der Waals surface area contributed by atoms with Crippen LogP contribution in [0.1, 0.15) is 27.7 Å². The fraction of sp³-hybridized carbons (Fsp3) is 0.500. The molecule has 11 heavy (non-hydrogen) atoms. The molecular formula is C10H17N. The summed E-state index contributed by atoms with van der Waals surface area (Å²) in [5.41, 5.74) is 0.951. The maximum absolute atomic E-state index is 4.30. The van der Waals surface area contributed by atoms with E-state index in [1.165, 1.54) is 0 Å². The Morgan fingerprint density at radius 2 is 1.91 bits per heavy atom. The average Bonchev–Trinajstić information content (AvgIpc) is 1.83. The van der Waals surface area contributed by atoms with Crippen LogP contribution < -0.4 is 0 Å². The van der Waals surface area contributed by atoms with Gasteiger partial charge in [-0.1, -0.05) is 18.7 Å². The summed E-state index contributed by atoms with van der Waals surface area (Å²) in [6, 6.07) is 0. The molecule has 0 saturated heterocycles. The lowest BCUT2D eigenvalue weighted by Gasteiger charge is -2.10. The van der Waals surface area contributed by atoms with E-state index in [1.54, 1.807) is 6.21 Å². The standard InChI is InChI=1S/C10H17N/c1-6-7-9(2)8-11-10(3,4)5/h6-8H,2H2,1,3-5H3/b7-6+,11-8?. The lowest BCUT2D eigenvalue weighted by molar-refractivity contribution is 0.586. The highest BCUT2D eigenvalue weighted by Crippen LogP contribution is 2.05. The van der Waals surface area contributed by atoms with Crippen LogP contribution in [0.2, 0.25) is 0 Å². The molecule has 0 bridgehead atoms. The Balaban J connectivity index is 4.04. The van der Waals surface area contributed by atoms with Crippen LogP contribution in [0.5, 0.6) is 0 Å². The minimum absolute atomic E-state index is 0.00449. The second-order valence-electron chi connectivity index (χ2n) is 3.50. The second-order valence-corrected chi connectivity index (χ2v) is 3.50. The first-order valence-corrected chi connectivity index (χ1v) is 3.82. The van der Waals surface area contributed by atoms with Crippen molar-refractivity contribution in [2.75, 3.05) is 0 Å². The molecule has 0 aliphatic rings. The molecule has 0 spiro atoms. The zero-order chi connectivity index (χ0) is 8.91. The van der Waals surface area contributed by atoms with Gasteiger partial charge in [-0.05, 0) is 33.3 Å². The summed E-state index contributed by atoms with van der Waals surface area (Å²) in [6.45, 7) is 12.0. The van der Waals surface area contributed by atoms with E-state index in [1.807, 2.05) is 19.1 Å². The van der Waals surface area contributed by atoms with Gasteiger partial charge in [0.05, 0.1) is 5.54 Å². The predicted octanol–water partition coefficient (Wildman–Crippen LogP) is 2.99. The van der Waals surface area contributed by atoms with Crippen molar-refractivity contribution in [1.29, 1.82) is 0 Å². The molecule has 0 fully saturated rings. The van der Waals surface area contributed by atoms with E-state index in [9.17, 15) is 0 Å². The highest BCUT2D eigenvalue weighted by molar-refractivity contribution is 5.81. The first-order valence-electron chi connectivity index (χ1n) is 3.82. The summed E-state index contributed by atoms with van der Waals surface area (Å²) in [7, 11) is 0. The number of hydrogen-bond donors (Lipinski definition) is 0. The van der Waals surface area contributed by atoms with Gasteiger partial charge in [0.25, 0.3) is 0 Å². The highest BCUT2D eigenvalue weighted by Gasteiger charge is 2.03. The molecular weight excluding hydrogens is 134 g/mol. The minimum Gasteiger partial charge on any atom is -0.287 e. The molecule has 0 amide bonds. The minimum atomic E-state index is 0.00449. The van der Waals surface area contributed by atoms with Crippen molar-refractivity contribution in [2.45, 2.75) is 33.2 Å². The van der Waals surface area contributed by atoms with Crippen LogP contribution in [0.4, 0.5) is 0 Å². The molecule has 0 aromatic heterocycles. The third-order valence-electron chi connectivity index (χ3n) is 0.998. The zero-order valence-corrected chi connectivity index (χ0v) is 7.89. The highest BCUT2D eigenvalue weighted by atomic mass is 14.8. The van der Waals surface area contributed by atoms with E-state index in [-0.39, 0.29) is 5.54 Å². The quantitative estimate of drug-likeness (QED) is 0.425. The van der Waals surface area contributed by atoms with Crippen molar-refractivity contribution in [1.82, 2.24) is 0 Å². The van der Waals surface area contributed by atoms with E-state index in [2.05, 4.69) is 32.3 Å². The van der Waals surface area contributed by atoms with Gasteiger partial charge in [0.15, 0.2) is 0 Å². The van der Waals surface area contributed by atoms with Gasteiger partial charge >= 0.3 is 0 Å². The van der Waals surface area contributed by atoms with Crippen LogP contribution in [-0.4, -0.2) is 11.8 Å². The zero-order valence-electron chi connectivity index (χ0n) is 7.89. The molecule has 0 N–H and O–H groups in total. The van der Waals surface area contributed by atoms with Gasteiger partial charge in [0.2, 0.25) is 0 Å². The summed E-state index contributed by atoms with van der Waals surface area (Å²) in [4.78, 5) is 4.30. The van der Waals surface area contributed by atoms with Crippen molar-refractivity contribution in [3.05, 3.63) is 24.3 Å². The summed E-state index contributed by atoms with van der Waals surface area (Å²) < 4.78 is 0. The smallest absolute Gasteiger partial charge is 0.0524 e. The number of aliphatic imine (C=N–C) groups is 1. The van der Waals surface area contributed by atoms with E-state index < -0.39 is 0 Å². The molecule has 0 aromatic carbocycles. The SMILES string of the molecule is C=C(C=NC(C)(C)C)/C=C/C. The Bertz CT molecular complexity index is 180. The van der Waals surface area contributed by atoms with E-state index in [4.69, 9.17) is 0 Å². The fourth-order valence-corrected chi connectivity index (χ4v) is 0.534. The molecule has 0 aliphatic carbocycles. The molecule has 0 unspecified atom stereocenters. The van der Waals surface area contributed by atoms with Gasteiger partial charge in [-0.2, -0.15) is 0 Å². The molecule has 0 aliphatic heterocycles. The molecule has 0 aromatic rings. The molecule has 1 nitrogen and oxygen atoms in total. The molecule has 0 saturated carbocycles. The molecule has 1 heteroatoms. The van der Waals surface area contributed by atoms with Crippen molar-refractivity contribution in [3.63, 3.8) is 0 Å². The predicted molar refractivity (Wildman–Crippen MR) is 52.2 cm³/mol. The van der Waals surface area contributed by atoms with Crippen molar-refractivity contribution < 1.29 is 0 Å². The summed E-state index contributed by atoms with van der Waals surface area (Å²) in [5.74, 6) is 0. The van der Waals surface area contributed by atoms with Crippen LogP contribution in [0.25, 0.3) is 0 Å². The molecule has 0 rings (SSSR count). The summed E-state index contributed by atoms with van der Waals surface area (Å²) in [6.07, 6.45) is 5.70. The van der Waals surface area contributed by atoms with E-state index in [0.29, 0.717) is 0 Å². The van der Waals surface area contributed by atoms with Crippen LogP contribution in [-0.2, 0) is 0 Å². The first kappa shape index (κ1) is 10.2. The van der Waals surface area contributed by atoms with Crippen LogP contribution in [0, 0.1) is 0 Å². The number of allylic oxidation sites excluding steroid dienone is 3. The topological polar surface area (TPSA) is 12.4 Å². The van der Waals surface area contributed by atoms with Crippen LogP contribution in [0.15, 0.2) is 29.3 Å². The number of hydrogen-bond acceptors (Lipinski definition) is 1. The normalized spacial score (nSPS) is 13.1. The Labute approximate surface area is 69.5 Å². The van der Waals surface area contributed by atoms with Gasteiger partial charge in [0, 0.05) is 6.21 Å². The molecule has 62 valence electrons. The van der Waals surface area contributed by atoms with Crippen LogP contribution in [0.3, 0.4) is 0 Å². The maximum atomic E-state index is 4.30. The summed E-state index contributed by atoms with van der Waals surface area (Å²) in [5, 5.41) is 0. The Morgan fingerprint density at radius 3 is 2.27 bits per heavy atom. The largest absolute Gasteiger partial charge is 0.287 e. The van der Waals surface area contributed by atoms with Crippen molar-refractivity contribution >= 4 is 6.21 Å². The van der Waals surface area contributed by atoms with Crippen molar-refractivity contribution in [3.8, 4) is 0 Å². The van der Waals surface area contributed by atoms with Gasteiger partial charge in [0.1, 0.15) is 0 Å². The third-order valence-corrected chi connectivity index (χ3v) is 0.998. The summed E-state index contributed by atoms with van der Waals surface area (Å²) >= 11 is 0. The van der Waals surface area contributed by atoms with Gasteiger partial charge in [-0.3, -0.25) is 4.99 Å². The van der Waals surface area contributed by atoms with Gasteiger partial charge < -0.3 is 0 Å². The van der Waals surface area contributed by atoms with E-state index >= 15 is 0 Å². The maximum Gasteiger partial charge on any atom is 0.0524 e. The lowest BCUT2D eigenvalue weighted by atomic mass is 10.1. The average molecular weight is 151 g/mol. The third kappa shape index (κ3) is 7.04. The van der Waals surface area contributed by atoms with Crippen molar-refractivity contribution in [2.24, 2.45) is 4.99 Å². The van der Waals surface area contributed by atoms with E-state index in [0.717, 1.165) is 5.57 Å². The fourth-order valence-electron chi connectivity index (χ4n) is 0.534. The Hall–Kier alpha value is -0.850. The first-order chi connectivity index (χ1) is 4.95. The molecule has 0 radical (unpaired) electrons. The van der Waals surface area contributed by atoms with Crippen LogP contribution >= 0.6 is 0 Å².